The molecule has 0 bridgehead atoms. The Morgan fingerprint density at radius 3 is 2.50 bits per heavy atom. The van der Waals surface area contributed by atoms with Crippen molar-refractivity contribution in [1.29, 1.82) is 0 Å². The molecule has 0 amide bonds. The van der Waals surface area contributed by atoms with Crippen molar-refractivity contribution in [3.05, 3.63) is 11.8 Å². The second-order valence-electron chi connectivity index (χ2n) is 5.55. The van der Waals surface area contributed by atoms with Crippen LogP contribution in [0.1, 0.15) is 31.9 Å². The maximum absolute atomic E-state index is 4.59. The Kier molecular flexibility index (Phi) is 7.30. The fourth-order valence-corrected chi connectivity index (χ4v) is 1.93. The van der Waals surface area contributed by atoms with Crippen molar-refractivity contribution in [1.82, 2.24) is 14.9 Å². The molecule has 5 heteroatoms. The van der Waals surface area contributed by atoms with E-state index in [1.165, 1.54) is 12.8 Å². The van der Waals surface area contributed by atoms with Crippen LogP contribution in [0.2, 0.25) is 0 Å². The molecule has 0 aliphatic carbocycles. The topological polar surface area (TPSA) is 44.3 Å². The van der Waals surface area contributed by atoms with Gasteiger partial charge in [0.05, 0.1) is 0 Å². The van der Waals surface area contributed by atoms with Crippen molar-refractivity contribution in [2.45, 2.75) is 33.1 Å². The summed E-state index contributed by atoms with van der Waals surface area (Å²) in [5, 5.41) is 3.32. The number of hydrogen-bond acceptors (Lipinski definition) is 5. The van der Waals surface area contributed by atoms with Gasteiger partial charge in [0, 0.05) is 31.9 Å². The molecule has 0 aliphatic rings. The van der Waals surface area contributed by atoms with Gasteiger partial charge in [-0.25, -0.2) is 4.98 Å². The molecule has 1 aromatic heterocycles. The summed E-state index contributed by atoms with van der Waals surface area (Å²) in [4.78, 5) is 13.4. The van der Waals surface area contributed by atoms with Crippen LogP contribution in [0.25, 0.3) is 0 Å². The fourth-order valence-electron chi connectivity index (χ4n) is 1.93. The highest BCUT2D eigenvalue weighted by Gasteiger charge is 2.06. The first-order valence-corrected chi connectivity index (χ1v) is 7.48. The monoisotopic (exact) mass is 279 g/mol. The number of aryl methyl sites for hydroxylation is 1. The Morgan fingerprint density at radius 2 is 1.85 bits per heavy atom. The van der Waals surface area contributed by atoms with E-state index in [1.807, 2.05) is 13.0 Å². The quantitative estimate of drug-likeness (QED) is 0.703. The standard InChI is InChI=1S/C15H29N5/c1-6-7-11-20(5)14-12-13(2)17-15(18-14)16-9-8-10-19(3)4/h12H,6-11H2,1-5H3,(H,16,17,18). The van der Waals surface area contributed by atoms with E-state index < -0.39 is 0 Å². The lowest BCUT2D eigenvalue weighted by Gasteiger charge is -2.19. The second kappa shape index (κ2) is 8.74. The van der Waals surface area contributed by atoms with Gasteiger partial charge < -0.3 is 15.1 Å². The molecule has 0 aliphatic heterocycles. The molecule has 1 aromatic rings. The molecular weight excluding hydrogens is 250 g/mol. The number of anilines is 2. The molecule has 20 heavy (non-hydrogen) atoms. The van der Waals surface area contributed by atoms with Crippen molar-refractivity contribution in [2.24, 2.45) is 0 Å². The van der Waals surface area contributed by atoms with E-state index in [2.05, 4.69) is 53.2 Å². The lowest BCUT2D eigenvalue weighted by Crippen LogP contribution is -2.21. The normalized spacial score (nSPS) is 10.9. The summed E-state index contributed by atoms with van der Waals surface area (Å²) in [7, 11) is 6.27. The summed E-state index contributed by atoms with van der Waals surface area (Å²) in [6.45, 7) is 7.23. The van der Waals surface area contributed by atoms with Crippen molar-refractivity contribution < 1.29 is 0 Å². The van der Waals surface area contributed by atoms with Crippen LogP contribution < -0.4 is 10.2 Å². The third-order valence-electron chi connectivity index (χ3n) is 3.14. The van der Waals surface area contributed by atoms with E-state index in [1.54, 1.807) is 0 Å². The smallest absolute Gasteiger partial charge is 0.224 e. The molecule has 0 atom stereocenters. The molecule has 0 saturated heterocycles. The van der Waals surface area contributed by atoms with Crippen LogP contribution >= 0.6 is 0 Å². The van der Waals surface area contributed by atoms with Crippen LogP contribution in [0.5, 0.6) is 0 Å². The minimum Gasteiger partial charge on any atom is -0.360 e. The third-order valence-corrected chi connectivity index (χ3v) is 3.14. The molecule has 1 heterocycles. The van der Waals surface area contributed by atoms with Crippen molar-refractivity contribution in [3.63, 3.8) is 0 Å². The molecule has 114 valence electrons. The summed E-state index contributed by atoms with van der Waals surface area (Å²) < 4.78 is 0. The highest BCUT2D eigenvalue weighted by molar-refractivity contribution is 5.43. The number of unbranched alkanes of at least 4 members (excludes halogenated alkanes) is 1. The predicted molar refractivity (Wildman–Crippen MR) is 86.6 cm³/mol. The predicted octanol–water partition coefficient (Wildman–Crippen LogP) is 2.38. The van der Waals surface area contributed by atoms with Gasteiger partial charge in [0.1, 0.15) is 5.82 Å². The van der Waals surface area contributed by atoms with Crippen LogP contribution in [-0.4, -0.2) is 55.6 Å². The summed E-state index contributed by atoms with van der Waals surface area (Å²) in [5.41, 5.74) is 1.01. The number of hydrogen-bond donors (Lipinski definition) is 1. The van der Waals surface area contributed by atoms with E-state index >= 15 is 0 Å². The van der Waals surface area contributed by atoms with Gasteiger partial charge in [-0.3, -0.25) is 0 Å². The Bertz CT molecular complexity index is 392. The molecular formula is C15H29N5. The zero-order chi connectivity index (χ0) is 15.0. The lowest BCUT2D eigenvalue weighted by molar-refractivity contribution is 0.405. The zero-order valence-corrected chi connectivity index (χ0v) is 13.6. The number of rotatable bonds is 9. The van der Waals surface area contributed by atoms with Crippen LogP contribution in [0.4, 0.5) is 11.8 Å². The molecule has 0 aromatic carbocycles. The molecule has 0 fully saturated rings. The molecule has 0 spiro atoms. The van der Waals surface area contributed by atoms with Crippen LogP contribution in [0.15, 0.2) is 6.07 Å². The van der Waals surface area contributed by atoms with E-state index in [4.69, 9.17) is 0 Å². The number of aromatic nitrogens is 2. The van der Waals surface area contributed by atoms with Gasteiger partial charge in [-0.2, -0.15) is 4.98 Å². The van der Waals surface area contributed by atoms with Crippen molar-refractivity contribution >= 4 is 11.8 Å². The van der Waals surface area contributed by atoms with Gasteiger partial charge in [0.25, 0.3) is 0 Å². The van der Waals surface area contributed by atoms with Crippen molar-refractivity contribution in [3.8, 4) is 0 Å². The van der Waals surface area contributed by atoms with Crippen LogP contribution in [0.3, 0.4) is 0 Å². The first kappa shape index (κ1) is 16.7. The van der Waals surface area contributed by atoms with Crippen LogP contribution in [-0.2, 0) is 0 Å². The second-order valence-corrected chi connectivity index (χ2v) is 5.55. The van der Waals surface area contributed by atoms with E-state index in [9.17, 15) is 0 Å². The number of nitrogens with zero attached hydrogens (tertiary/aromatic N) is 4. The van der Waals surface area contributed by atoms with Gasteiger partial charge in [-0.15, -0.1) is 0 Å². The first-order chi connectivity index (χ1) is 9.52. The maximum atomic E-state index is 4.59. The van der Waals surface area contributed by atoms with E-state index in [0.717, 1.165) is 43.5 Å². The maximum Gasteiger partial charge on any atom is 0.224 e. The Hall–Kier alpha value is -1.36. The molecule has 0 radical (unpaired) electrons. The average Bonchev–Trinajstić information content (AvgIpc) is 2.40. The summed E-state index contributed by atoms with van der Waals surface area (Å²) >= 11 is 0. The third kappa shape index (κ3) is 6.19. The lowest BCUT2D eigenvalue weighted by atomic mass is 10.3. The van der Waals surface area contributed by atoms with E-state index in [0.29, 0.717) is 0 Å². The zero-order valence-electron chi connectivity index (χ0n) is 13.6. The largest absolute Gasteiger partial charge is 0.360 e. The molecule has 0 unspecified atom stereocenters. The Balaban J connectivity index is 2.56. The van der Waals surface area contributed by atoms with E-state index in [-0.39, 0.29) is 0 Å². The Labute approximate surface area is 123 Å². The van der Waals surface area contributed by atoms with Crippen LogP contribution in [0, 0.1) is 6.92 Å². The van der Waals surface area contributed by atoms with Gasteiger partial charge in [-0.1, -0.05) is 13.3 Å². The highest BCUT2D eigenvalue weighted by Crippen LogP contribution is 2.14. The van der Waals surface area contributed by atoms with Gasteiger partial charge >= 0.3 is 0 Å². The molecule has 1 rings (SSSR count). The summed E-state index contributed by atoms with van der Waals surface area (Å²) in [6, 6.07) is 2.04. The molecule has 5 nitrogen and oxygen atoms in total. The molecule has 0 saturated carbocycles. The van der Waals surface area contributed by atoms with Gasteiger partial charge in [0.2, 0.25) is 5.95 Å². The van der Waals surface area contributed by atoms with Crippen molar-refractivity contribution in [2.75, 3.05) is 51.0 Å². The van der Waals surface area contributed by atoms with Gasteiger partial charge in [0.15, 0.2) is 0 Å². The highest BCUT2D eigenvalue weighted by atomic mass is 15.2. The number of nitrogens with one attached hydrogen (secondary N) is 1. The first-order valence-electron chi connectivity index (χ1n) is 7.48. The Morgan fingerprint density at radius 1 is 1.10 bits per heavy atom. The van der Waals surface area contributed by atoms with Gasteiger partial charge in [-0.05, 0) is 40.4 Å². The minimum atomic E-state index is 0.738. The summed E-state index contributed by atoms with van der Waals surface area (Å²) in [6.07, 6.45) is 3.47. The minimum absolute atomic E-state index is 0.738. The summed E-state index contributed by atoms with van der Waals surface area (Å²) in [5.74, 6) is 1.74. The fraction of sp³-hybridized carbons (Fsp3) is 0.733. The average molecular weight is 279 g/mol. The molecule has 1 N–H and O–H groups in total. The SMILES string of the molecule is CCCCN(C)c1cc(C)nc(NCCCN(C)C)n1.